The number of carbonyl (C=O) groups excluding carboxylic acids is 1. The lowest BCUT2D eigenvalue weighted by Gasteiger charge is -2.00. The summed E-state index contributed by atoms with van der Waals surface area (Å²) in [6.45, 7) is 1.78. The van der Waals surface area contributed by atoms with Crippen molar-refractivity contribution in [3.8, 4) is 0 Å². The molecule has 1 N–H and O–H groups in total. The minimum atomic E-state index is -0.759. The predicted octanol–water partition coefficient (Wildman–Crippen LogP) is 0.647. The topological polar surface area (TPSA) is 37.3 Å². The third kappa shape index (κ3) is 2.33. The van der Waals surface area contributed by atoms with Crippen molar-refractivity contribution in [1.29, 1.82) is 0 Å². The van der Waals surface area contributed by atoms with Crippen LogP contribution < -0.4 is 0 Å². The van der Waals surface area contributed by atoms with E-state index in [9.17, 15) is 4.79 Å². The van der Waals surface area contributed by atoms with Crippen molar-refractivity contribution in [3.63, 3.8) is 0 Å². The summed E-state index contributed by atoms with van der Waals surface area (Å²) in [5.41, 5.74) is 0. The van der Waals surface area contributed by atoms with Crippen molar-refractivity contribution in [1.82, 2.24) is 0 Å². The molecule has 0 radical (unpaired) electrons. The average molecular weight is 134 g/mol. The molecule has 0 aliphatic carbocycles. The lowest BCUT2D eigenvalue weighted by molar-refractivity contribution is -0.118. The molecule has 48 valence electrons. The summed E-state index contributed by atoms with van der Waals surface area (Å²) < 4.78 is 0. The first-order valence-corrected chi connectivity index (χ1v) is 3.70. The molecule has 0 spiro atoms. The molecule has 1 atom stereocenters. The average Bonchev–Trinajstić information content (AvgIpc) is 1.84. The summed E-state index contributed by atoms with van der Waals surface area (Å²) in [6.07, 6.45) is 1.42. The first-order valence-electron chi connectivity index (χ1n) is 2.48. The lowest BCUT2D eigenvalue weighted by Crippen LogP contribution is -2.14. The standard InChI is InChI=1S/C5H10O2S/c1-3-4(6)5(7)8-2/h4,6H,3H2,1-2H3. The van der Waals surface area contributed by atoms with Gasteiger partial charge in [-0.2, -0.15) is 0 Å². The minimum Gasteiger partial charge on any atom is -0.384 e. The molecule has 0 aromatic rings. The Balaban J connectivity index is 3.46. The van der Waals surface area contributed by atoms with Gasteiger partial charge in [-0.15, -0.1) is 0 Å². The van der Waals surface area contributed by atoms with Gasteiger partial charge in [0, 0.05) is 0 Å². The maximum atomic E-state index is 10.5. The number of hydrogen-bond acceptors (Lipinski definition) is 3. The van der Waals surface area contributed by atoms with E-state index >= 15 is 0 Å². The zero-order chi connectivity index (χ0) is 6.57. The third-order valence-corrected chi connectivity index (χ3v) is 1.53. The van der Waals surface area contributed by atoms with Gasteiger partial charge in [0.15, 0.2) is 0 Å². The smallest absolute Gasteiger partial charge is 0.217 e. The highest BCUT2D eigenvalue weighted by atomic mass is 32.2. The van der Waals surface area contributed by atoms with Crippen LogP contribution in [0.25, 0.3) is 0 Å². The Morgan fingerprint density at radius 3 is 2.50 bits per heavy atom. The quantitative estimate of drug-likeness (QED) is 0.602. The molecule has 0 aliphatic rings. The van der Waals surface area contributed by atoms with Crippen molar-refractivity contribution in [3.05, 3.63) is 0 Å². The number of aliphatic hydroxyl groups is 1. The Morgan fingerprint density at radius 1 is 1.88 bits per heavy atom. The van der Waals surface area contributed by atoms with Crippen LogP contribution in [-0.4, -0.2) is 22.6 Å². The van der Waals surface area contributed by atoms with Crippen molar-refractivity contribution >= 4 is 16.9 Å². The van der Waals surface area contributed by atoms with Gasteiger partial charge in [0.05, 0.1) is 0 Å². The summed E-state index contributed by atoms with van der Waals surface area (Å²) in [6, 6.07) is 0. The van der Waals surface area contributed by atoms with E-state index in [4.69, 9.17) is 5.11 Å². The van der Waals surface area contributed by atoms with Gasteiger partial charge in [0.1, 0.15) is 6.10 Å². The Bertz CT molecular complexity index is 82.5. The van der Waals surface area contributed by atoms with E-state index < -0.39 is 6.10 Å². The molecule has 0 heterocycles. The Kier molecular flexibility index (Phi) is 3.91. The molecule has 0 amide bonds. The van der Waals surface area contributed by atoms with E-state index in [0.717, 1.165) is 11.8 Å². The largest absolute Gasteiger partial charge is 0.384 e. The molecule has 0 rings (SSSR count). The fraction of sp³-hybridized carbons (Fsp3) is 0.800. The summed E-state index contributed by atoms with van der Waals surface area (Å²) in [7, 11) is 0. The van der Waals surface area contributed by atoms with Gasteiger partial charge in [-0.3, -0.25) is 4.79 Å². The number of carbonyl (C=O) groups is 1. The molecule has 0 saturated heterocycles. The van der Waals surface area contributed by atoms with Gasteiger partial charge in [0.2, 0.25) is 5.12 Å². The number of thioether (sulfide) groups is 1. The fourth-order valence-corrected chi connectivity index (χ4v) is 0.741. The van der Waals surface area contributed by atoms with Crippen LogP contribution >= 0.6 is 11.8 Å². The molecule has 0 aromatic carbocycles. The summed E-state index contributed by atoms with van der Waals surface area (Å²) >= 11 is 1.07. The van der Waals surface area contributed by atoms with E-state index in [1.54, 1.807) is 13.2 Å². The lowest BCUT2D eigenvalue weighted by atomic mass is 10.3. The normalized spacial score (nSPS) is 13.4. The fourth-order valence-electron chi connectivity index (χ4n) is 0.303. The van der Waals surface area contributed by atoms with Gasteiger partial charge >= 0.3 is 0 Å². The molecule has 1 unspecified atom stereocenters. The van der Waals surface area contributed by atoms with Gasteiger partial charge in [-0.05, 0) is 12.7 Å². The van der Waals surface area contributed by atoms with Crippen LogP contribution in [-0.2, 0) is 4.79 Å². The third-order valence-electron chi connectivity index (χ3n) is 0.860. The van der Waals surface area contributed by atoms with E-state index in [1.807, 2.05) is 0 Å². The predicted molar refractivity (Wildman–Crippen MR) is 34.8 cm³/mol. The van der Waals surface area contributed by atoms with Crippen LogP contribution in [0.5, 0.6) is 0 Å². The highest BCUT2D eigenvalue weighted by Gasteiger charge is 2.08. The van der Waals surface area contributed by atoms with Gasteiger partial charge in [-0.1, -0.05) is 18.7 Å². The van der Waals surface area contributed by atoms with E-state index in [-0.39, 0.29) is 5.12 Å². The molecule has 3 heteroatoms. The molecule has 0 aromatic heterocycles. The van der Waals surface area contributed by atoms with Crippen molar-refractivity contribution in [2.45, 2.75) is 19.4 Å². The highest BCUT2D eigenvalue weighted by Crippen LogP contribution is 2.02. The minimum absolute atomic E-state index is 0.146. The Labute approximate surface area is 53.3 Å². The van der Waals surface area contributed by atoms with Crippen molar-refractivity contribution in [2.24, 2.45) is 0 Å². The van der Waals surface area contributed by atoms with Crippen LogP contribution in [0.3, 0.4) is 0 Å². The number of aliphatic hydroxyl groups excluding tert-OH is 1. The molecule has 2 nitrogen and oxygen atoms in total. The van der Waals surface area contributed by atoms with Crippen LogP contribution in [0.15, 0.2) is 0 Å². The van der Waals surface area contributed by atoms with E-state index in [0.29, 0.717) is 6.42 Å². The molecule has 8 heavy (non-hydrogen) atoms. The van der Waals surface area contributed by atoms with Crippen LogP contribution in [0.1, 0.15) is 13.3 Å². The zero-order valence-electron chi connectivity index (χ0n) is 5.05. The van der Waals surface area contributed by atoms with Crippen LogP contribution in [0.4, 0.5) is 0 Å². The van der Waals surface area contributed by atoms with Crippen molar-refractivity contribution in [2.75, 3.05) is 6.26 Å². The van der Waals surface area contributed by atoms with Crippen LogP contribution in [0.2, 0.25) is 0 Å². The first kappa shape index (κ1) is 7.98. The molecule has 0 bridgehead atoms. The second-order valence-electron chi connectivity index (χ2n) is 1.45. The summed E-state index contributed by atoms with van der Waals surface area (Å²) in [5, 5.41) is 8.61. The summed E-state index contributed by atoms with van der Waals surface area (Å²) in [5.74, 6) is 0. The van der Waals surface area contributed by atoms with E-state index in [2.05, 4.69) is 0 Å². The molecule has 0 fully saturated rings. The maximum Gasteiger partial charge on any atom is 0.217 e. The first-order chi connectivity index (χ1) is 3.72. The van der Waals surface area contributed by atoms with Gasteiger partial charge in [0.25, 0.3) is 0 Å². The molecular formula is C5H10O2S. The van der Waals surface area contributed by atoms with Crippen molar-refractivity contribution < 1.29 is 9.90 Å². The van der Waals surface area contributed by atoms with Crippen LogP contribution in [0, 0.1) is 0 Å². The maximum absolute atomic E-state index is 10.5. The molecular weight excluding hydrogens is 124 g/mol. The Morgan fingerprint density at radius 2 is 2.38 bits per heavy atom. The zero-order valence-corrected chi connectivity index (χ0v) is 5.86. The van der Waals surface area contributed by atoms with Gasteiger partial charge in [-0.25, -0.2) is 0 Å². The monoisotopic (exact) mass is 134 g/mol. The number of hydrogen-bond donors (Lipinski definition) is 1. The second-order valence-corrected chi connectivity index (χ2v) is 2.26. The number of rotatable bonds is 2. The highest BCUT2D eigenvalue weighted by molar-refractivity contribution is 8.13. The second kappa shape index (κ2) is 3.92. The Hall–Kier alpha value is -0.0200. The SMILES string of the molecule is CCC(O)C(=O)SC. The van der Waals surface area contributed by atoms with Gasteiger partial charge < -0.3 is 5.11 Å². The molecule has 0 aliphatic heterocycles. The molecule has 0 saturated carbocycles. The van der Waals surface area contributed by atoms with E-state index in [1.165, 1.54) is 0 Å². The summed E-state index contributed by atoms with van der Waals surface area (Å²) in [4.78, 5) is 10.5.